The van der Waals surface area contributed by atoms with Gasteiger partial charge < -0.3 is 5.11 Å². The van der Waals surface area contributed by atoms with Crippen LogP contribution in [0.25, 0.3) is 11.3 Å². The molecule has 1 aromatic heterocycles. The number of benzene rings is 1. The average molecular weight is 381 g/mol. The van der Waals surface area contributed by atoms with Gasteiger partial charge in [0.2, 0.25) is 0 Å². The molecular formula is C25H29B2NO. The molecule has 0 saturated heterocycles. The first-order valence-electron chi connectivity index (χ1n) is 10.9. The van der Waals surface area contributed by atoms with Gasteiger partial charge in [0.05, 0.1) is 5.69 Å². The first kappa shape index (κ1) is 19.3. The third-order valence-corrected chi connectivity index (χ3v) is 9.46. The van der Waals surface area contributed by atoms with Gasteiger partial charge in [-0.05, 0) is 75.7 Å². The molecule has 0 aliphatic heterocycles. The van der Waals surface area contributed by atoms with E-state index in [-0.39, 0.29) is 22.0 Å². The topological polar surface area (TPSA) is 33.1 Å². The lowest BCUT2D eigenvalue weighted by Crippen LogP contribution is -2.43. The zero-order valence-electron chi connectivity index (χ0n) is 18.5. The maximum Gasteiger partial charge on any atom is 0.119 e. The molecule has 1 N–H and O–H groups in total. The largest absolute Gasteiger partial charge is 0.508 e. The number of rotatable bonds is 1. The van der Waals surface area contributed by atoms with Gasteiger partial charge in [-0.1, -0.05) is 52.5 Å². The average Bonchev–Trinajstić information content (AvgIpc) is 3.28. The van der Waals surface area contributed by atoms with E-state index in [1.807, 2.05) is 6.20 Å². The molecule has 3 aliphatic carbocycles. The quantitative estimate of drug-likeness (QED) is 0.758. The number of hydrogen-bond acceptors (Lipinski definition) is 2. The standard InChI is InChI=1S/C25H29B2NO/c1-23(2)18-19(24(3,4)25(23,5)6)21(27)22(29)17(20(18)26)16-10-14-12-7-8-13(9-12)15(14)11-28-16/h10-13,29H,7-9H2,1-6H3. The fourth-order valence-corrected chi connectivity index (χ4v) is 6.60. The highest BCUT2D eigenvalue weighted by atomic mass is 16.3. The summed E-state index contributed by atoms with van der Waals surface area (Å²) in [4.78, 5) is 4.75. The summed E-state index contributed by atoms with van der Waals surface area (Å²) in [5, 5.41) is 11.2. The first-order valence-corrected chi connectivity index (χ1v) is 10.9. The molecule has 4 radical (unpaired) electrons. The van der Waals surface area contributed by atoms with Gasteiger partial charge in [0.25, 0.3) is 0 Å². The minimum absolute atomic E-state index is 0.0819. The van der Waals surface area contributed by atoms with Gasteiger partial charge in [-0.15, -0.1) is 0 Å². The van der Waals surface area contributed by atoms with Crippen LogP contribution in [-0.4, -0.2) is 25.8 Å². The summed E-state index contributed by atoms with van der Waals surface area (Å²) in [6.45, 7) is 13.4. The van der Waals surface area contributed by atoms with E-state index in [1.54, 1.807) is 0 Å². The number of phenolic OH excluding ortho intramolecular Hbond substituents is 1. The Balaban J connectivity index is 1.79. The number of aromatic nitrogens is 1. The molecule has 0 spiro atoms. The second kappa shape index (κ2) is 5.50. The van der Waals surface area contributed by atoms with Crippen molar-refractivity contribution in [2.45, 2.75) is 83.5 Å². The minimum atomic E-state index is -0.218. The highest BCUT2D eigenvalue weighted by molar-refractivity contribution is 6.42. The maximum atomic E-state index is 11.2. The van der Waals surface area contributed by atoms with Gasteiger partial charge in [-0.25, -0.2) is 0 Å². The Bertz CT molecular complexity index is 1070. The molecule has 3 aliphatic rings. The molecule has 4 heteroatoms. The summed E-state index contributed by atoms with van der Waals surface area (Å²) in [6.07, 6.45) is 5.78. The SMILES string of the molecule is [B]c1c(O)c(-c2cc3c(cn2)C2CCC3C2)c([B])c2c1C(C)(C)C(C)(C)C2(C)C. The van der Waals surface area contributed by atoms with E-state index < -0.39 is 0 Å². The van der Waals surface area contributed by atoms with E-state index in [9.17, 15) is 5.11 Å². The molecule has 2 aromatic rings. The van der Waals surface area contributed by atoms with E-state index in [0.717, 1.165) is 16.8 Å². The molecule has 2 atom stereocenters. The molecule has 146 valence electrons. The second-order valence-corrected chi connectivity index (χ2v) is 11.1. The Morgan fingerprint density at radius 1 is 0.897 bits per heavy atom. The van der Waals surface area contributed by atoms with Crippen molar-refractivity contribution < 1.29 is 5.11 Å². The molecule has 5 rings (SSSR count). The van der Waals surface area contributed by atoms with Crippen LogP contribution < -0.4 is 10.9 Å². The Morgan fingerprint density at radius 2 is 1.45 bits per heavy atom. The lowest BCUT2D eigenvalue weighted by molar-refractivity contribution is 0.125. The fraction of sp³-hybridized carbons (Fsp3) is 0.560. The van der Waals surface area contributed by atoms with Crippen molar-refractivity contribution >= 4 is 26.6 Å². The van der Waals surface area contributed by atoms with Crippen molar-refractivity contribution in [2.75, 3.05) is 0 Å². The van der Waals surface area contributed by atoms with Crippen LogP contribution in [-0.2, 0) is 10.8 Å². The molecule has 2 unspecified atom stereocenters. The molecule has 2 nitrogen and oxygen atoms in total. The van der Waals surface area contributed by atoms with Gasteiger partial charge in [0.1, 0.15) is 21.4 Å². The van der Waals surface area contributed by atoms with Crippen molar-refractivity contribution in [3.05, 3.63) is 34.5 Å². The van der Waals surface area contributed by atoms with Gasteiger partial charge >= 0.3 is 0 Å². The predicted molar refractivity (Wildman–Crippen MR) is 121 cm³/mol. The Kier molecular flexibility index (Phi) is 3.66. The van der Waals surface area contributed by atoms with Crippen LogP contribution in [0.4, 0.5) is 0 Å². The van der Waals surface area contributed by atoms with Gasteiger partial charge in [0.15, 0.2) is 0 Å². The molecule has 0 amide bonds. The van der Waals surface area contributed by atoms with Crippen molar-refractivity contribution in [3.63, 3.8) is 0 Å². The summed E-state index contributed by atoms with van der Waals surface area (Å²) in [5.41, 5.74) is 6.79. The lowest BCUT2D eigenvalue weighted by Gasteiger charge is -2.45. The van der Waals surface area contributed by atoms with E-state index in [4.69, 9.17) is 20.7 Å². The molecule has 1 heterocycles. The number of hydrogen-bond donors (Lipinski definition) is 1. The van der Waals surface area contributed by atoms with Crippen LogP contribution in [0.2, 0.25) is 0 Å². The maximum absolute atomic E-state index is 11.2. The van der Waals surface area contributed by atoms with E-state index >= 15 is 0 Å². The summed E-state index contributed by atoms with van der Waals surface area (Å²) < 4.78 is 0. The van der Waals surface area contributed by atoms with E-state index in [0.29, 0.717) is 28.3 Å². The molecule has 29 heavy (non-hydrogen) atoms. The van der Waals surface area contributed by atoms with Crippen LogP contribution in [0.15, 0.2) is 12.3 Å². The Morgan fingerprint density at radius 3 is 2.07 bits per heavy atom. The van der Waals surface area contributed by atoms with Gasteiger partial charge in [-0.3, -0.25) is 4.98 Å². The first-order chi connectivity index (χ1) is 13.4. The van der Waals surface area contributed by atoms with Gasteiger partial charge in [0, 0.05) is 11.8 Å². The van der Waals surface area contributed by atoms with E-state index in [1.165, 1.54) is 30.4 Å². The normalized spacial score (nSPS) is 27.1. The molecule has 1 fully saturated rings. The van der Waals surface area contributed by atoms with Crippen molar-refractivity contribution in [2.24, 2.45) is 5.41 Å². The van der Waals surface area contributed by atoms with Crippen molar-refractivity contribution in [1.29, 1.82) is 0 Å². The summed E-state index contributed by atoms with van der Waals surface area (Å²) in [5.74, 6) is 1.37. The Hall–Kier alpha value is -1.70. The Labute approximate surface area is 177 Å². The van der Waals surface area contributed by atoms with E-state index in [2.05, 4.69) is 47.6 Å². The van der Waals surface area contributed by atoms with Crippen LogP contribution in [0, 0.1) is 5.41 Å². The minimum Gasteiger partial charge on any atom is -0.508 e. The monoisotopic (exact) mass is 381 g/mol. The number of nitrogens with zero attached hydrogens (tertiary/aromatic N) is 1. The fourth-order valence-electron chi connectivity index (χ4n) is 6.60. The van der Waals surface area contributed by atoms with Crippen LogP contribution in [0.5, 0.6) is 5.75 Å². The van der Waals surface area contributed by atoms with Crippen LogP contribution in [0.1, 0.15) is 94.9 Å². The van der Waals surface area contributed by atoms with Crippen LogP contribution in [0.3, 0.4) is 0 Å². The number of fused-ring (bicyclic) bond motifs is 6. The molecule has 1 saturated carbocycles. The molecule has 1 aromatic carbocycles. The number of aromatic hydroxyl groups is 1. The molecular weight excluding hydrogens is 352 g/mol. The zero-order chi connectivity index (χ0) is 21.1. The predicted octanol–water partition coefficient (Wildman–Crippen LogP) is 4.00. The van der Waals surface area contributed by atoms with Crippen molar-refractivity contribution in [3.8, 4) is 17.0 Å². The lowest BCUT2D eigenvalue weighted by atomic mass is 9.58. The summed E-state index contributed by atoms with van der Waals surface area (Å²) in [7, 11) is 13.4. The number of phenols is 1. The van der Waals surface area contributed by atoms with Crippen LogP contribution >= 0.6 is 0 Å². The summed E-state index contributed by atoms with van der Waals surface area (Å²) in [6, 6.07) is 2.16. The third-order valence-electron chi connectivity index (χ3n) is 9.46. The second-order valence-electron chi connectivity index (χ2n) is 11.1. The smallest absolute Gasteiger partial charge is 0.119 e. The third kappa shape index (κ3) is 2.09. The number of pyridine rings is 1. The molecule has 2 bridgehead atoms. The van der Waals surface area contributed by atoms with Gasteiger partial charge in [-0.2, -0.15) is 0 Å². The summed E-state index contributed by atoms with van der Waals surface area (Å²) >= 11 is 0. The highest BCUT2D eigenvalue weighted by Crippen LogP contribution is 2.61. The highest BCUT2D eigenvalue weighted by Gasteiger charge is 2.58. The zero-order valence-corrected chi connectivity index (χ0v) is 18.5. The van der Waals surface area contributed by atoms with Crippen molar-refractivity contribution in [1.82, 2.24) is 4.98 Å².